The van der Waals surface area contributed by atoms with Crippen molar-refractivity contribution in [3.05, 3.63) is 41.5 Å². The highest BCUT2D eigenvalue weighted by molar-refractivity contribution is 6.58. The molecule has 1 aliphatic rings. The van der Waals surface area contributed by atoms with Gasteiger partial charge in [-0.15, -0.1) is 0 Å². The average Bonchev–Trinajstić information content (AvgIpc) is 2.17. The van der Waals surface area contributed by atoms with E-state index in [1.807, 2.05) is 24.3 Å². The van der Waals surface area contributed by atoms with E-state index in [4.69, 9.17) is 10.0 Å². The summed E-state index contributed by atoms with van der Waals surface area (Å²) in [4.78, 5) is 0. The first-order valence-corrected chi connectivity index (χ1v) is 4.03. The van der Waals surface area contributed by atoms with Gasteiger partial charge in [-0.3, -0.25) is 0 Å². The standard InChI is InChI=1S/C10H8BO2/c12-11(13)10-6-5-8-3-1-2-4-9(8)7-10/h1,3-7,12-13H/q+1. The van der Waals surface area contributed by atoms with Crippen LogP contribution < -0.4 is 5.46 Å². The summed E-state index contributed by atoms with van der Waals surface area (Å²) < 4.78 is 0. The van der Waals surface area contributed by atoms with Gasteiger partial charge in [-0.05, 0) is 11.5 Å². The maximum Gasteiger partial charge on any atom is 0.489 e. The van der Waals surface area contributed by atoms with Crippen LogP contribution in [0.1, 0.15) is 11.1 Å². The Bertz CT molecular complexity index is 381. The van der Waals surface area contributed by atoms with Crippen molar-refractivity contribution < 1.29 is 10.0 Å². The topological polar surface area (TPSA) is 40.5 Å². The first kappa shape index (κ1) is 8.20. The van der Waals surface area contributed by atoms with Crippen molar-refractivity contribution in [3.63, 3.8) is 0 Å². The Morgan fingerprint density at radius 3 is 2.77 bits per heavy atom. The van der Waals surface area contributed by atoms with Gasteiger partial charge in [-0.2, -0.15) is 0 Å². The number of benzene rings is 1. The number of hydrogen-bond donors (Lipinski definition) is 2. The van der Waals surface area contributed by atoms with Gasteiger partial charge in [0.15, 0.2) is 0 Å². The van der Waals surface area contributed by atoms with Crippen LogP contribution in [0.5, 0.6) is 0 Å². The van der Waals surface area contributed by atoms with Crippen LogP contribution in [0.15, 0.2) is 24.3 Å². The van der Waals surface area contributed by atoms with E-state index in [-0.39, 0.29) is 0 Å². The first-order valence-electron chi connectivity index (χ1n) is 4.03. The van der Waals surface area contributed by atoms with Crippen molar-refractivity contribution in [3.8, 4) is 0 Å². The Morgan fingerprint density at radius 1 is 1.15 bits per heavy atom. The summed E-state index contributed by atoms with van der Waals surface area (Å²) in [5.74, 6) is 0. The fourth-order valence-corrected chi connectivity index (χ4v) is 1.31. The SMILES string of the molecule is OB(O)c1ccc2c(c1)C=[C+]C=C2. The van der Waals surface area contributed by atoms with Crippen LogP contribution in [0.25, 0.3) is 12.2 Å². The number of hydrogen-bond acceptors (Lipinski definition) is 2. The molecule has 0 saturated carbocycles. The number of allylic oxidation sites excluding steroid dienone is 2. The lowest BCUT2D eigenvalue weighted by molar-refractivity contribution is 0.426. The van der Waals surface area contributed by atoms with Gasteiger partial charge in [0.25, 0.3) is 0 Å². The molecule has 2 rings (SSSR count). The van der Waals surface area contributed by atoms with Gasteiger partial charge in [-0.25, -0.2) is 0 Å². The quantitative estimate of drug-likeness (QED) is 0.468. The maximum absolute atomic E-state index is 8.93. The van der Waals surface area contributed by atoms with Crippen LogP contribution >= 0.6 is 0 Å². The lowest BCUT2D eigenvalue weighted by Gasteiger charge is -2.00. The second-order valence-corrected chi connectivity index (χ2v) is 2.91. The van der Waals surface area contributed by atoms with Crippen molar-refractivity contribution >= 4 is 24.7 Å². The van der Waals surface area contributed by atoms with Gasteiger partial charge in [0.05, 0.1) is 17.2 Å². The molecule has 0 radical (unpaired) electrons. The molecule has 62 valence electrons. The van der Waals surface area contributed by atoms with Gasteiger partial charge in [0.2, 0.25) is 0 Å². The Morgan fingerprint density at radius 2 is 2.00 bits per heavy atom. The van der Waals surface area contributed by atoms with E-state index in [0.29, 0.717) is 5.46 Å². The second kappa shape index (κ2) is 3.15. The highest BCUT2D eigenvalue weighted by Crippen LogP contribution is 2.15. The number of rotatable bonds is 1. The van der Waals surface area contributed by atoms with E-state index in [1.54, 1.807) is 12.1 Å². The van der Waals surface area contributed by atoms with E-state index >= 15 is 0 Å². The normalized spacial score (nSPS) is 12.2. The molecule has 2 nitrogen and oxygen atoms in total. The molecule has 0 bridgehead atoms. The van der Waals surface area contributed by atoms with Gasteiger partial charge in [0.1, 0.15) is 12.2 Å². The van der Waals surface area contributed by atoms with E-state index < -0.39 is 7.12 Å². The van der Waals surface area contributed by atoms with Gasteiger partial charge in [-0.1, -0.05) is 6.07 Å². The minimum absolute atomic E-state index is 0.507. The van der Waals surface area contributed by atoms with Crippen LogP contribution in [0.2, 0.25) is 0 Å². The fourth-order valence-electron chi connectivity index (χ4n) is 1.31. The lowest BCUT2D eigenvalue weighted by atomic mass is 9.78. The van der Waals surface area contributed by atoms with Crippen LogP contribution in [0.3, 0.4) is 0 Å². The van der Waals surface area contributed by atoms with Crippen molar-refractivity contribution in [2.75, 3.05) is 0 Å². The molecule has 0 atom stereocenters. The largest absolute Gasteiger partial charge is 0.489 e. The van der Waals surface area contributed by atoms with Crippen LogP contribution in [-0.4, -0.2) is 17.2 Å². The second-order valence-electron chi connectivity index (χ2n) is 2.91. The molecule has 0 spiro atoms. The summed E-state index contributed by atoms with van der Waals surface area (Å²) in [6.45, 7) is 0. The van der Waals surface area contributed by atoms with E-state index in [9.17, 15) is 0 Å². The molecule has 13 heavy (non-hydrogen) atoms. The van der Waals surface area contributed by atoms with Gasteiger partial charge >= 0.3 is 7.12 Å². The predicted octanol–water partition coefficient (Wildman–Crippen LogP) is 0.210. The van der Waals surface area contributed by atoms with E-state index in [2.05, 4.69) is 6.08 Å². The summed E-state index contributed by atoms with van der Waals surface area (Å²) in [5.41, 5.74) is 2.54. The van der Waals surface area contributed by atoms with E-state index in [0.717, 1.165) is 11.1 Å². The van der Waals surface area contributed by atoms with Gasteiger partial charge in [0, 0.05) is 12.1 Å². The van der Waals surface area contributed by atoms with E-state index in [1.165, 1.54) is 0 Å². The zero-order valence-electron chi connectivity index (χ0n) is 6.94. The highest BCUT2D eigenvalue weighted by atomic mass is 16.4. The Kier molecular flexibility index (Phi) is 1.99. The zero-order valence-corrected chi connectivity index (χ0v) is 6.94. The van der Waals surface area contributed by atoms with Crippen molar-refractivity contribution in [2.24, 2.45) is 0 Å². The summed E-state index contributed by atoms with van der Waals surface area (Å²) in [5, 5.41) is 17.9. The lowest BCUT2D eigenvalue weighted by Crippen LogP contribution is -2.29. The summed E-state index contributed by atoms with van der Waals surface area (Å²) in [6, 6.07) is 5.31. The minimum Gasteiger partial charge on any atom is -0.423 e. The molecule has 2 N–H and O–H groups in total. The molecule has 3 heteroatoms. The van der Waals surface area contributed by atoms with Crippen LogP contribution in [-0.2, 0) is 0 Å². The molecule has 1 aromatic carbocycles. The summed E-state index contributed by atoms with van der Waals surface area (Å²) in [7, 11) is -1.40. The third-order valence-electron chi connectivity index (χ3n) is 2.01. The molecule has 0 aromatic heterocycles. The minimum atomic E-state index is -1.40. The predicted molar refractivity (Wildman–Crippen MR) is 53.0 cm³/mol. The first-order chi connectivity index (χ1) is 6.27. The Hall–Kier alpha value is -1.41. The number of fused-ring (bicyclic) bond motifs is 1. The molecular formula is C10H8BO2+. The van der Waals surface area contributed by atoms with Gasteiger partial charge < -0.3 is 10.0 Å². The summed E-state index contributed by atoms with van der Waals surface area (Å²) in [6.07, 6.45) is 8.52. The monoisotopic (exact) mass is 171 g/mol. The summed E-state index contributed by atoms with van der Waals surface area (Å²) >= 11 is 0. The van der Waals surface area contributed by atoms with Crippen molar-refractivity contribution in [1.82, 2.24) is 0 Å². The van der Waals surface area contributed by atoms with Crippen LogP contribution in [0.4, 0.5) is 0 Å². The molecule has 1 aliphatic carbocycles. The molecule has 0 fully saturated rings. The molecule has 0 aliphatic heterocycles. The van der Waals surface area contributed by atoms with Crippen LogP contribution in [0, 0.1) is 6.08 Å². The zero-order chi connectivity index (χ0) is 9.26. The van der Waals surface area contributed by atoms with Crippen molar-refractivity contribution in [1.29, 1.82) is 0 Å². The third-order valence-corrected chi connectivity index (χ3v) is 2.01. The molecular weight excluding hydrogens is 163 g/mol. The smallest absolute Gasteiger partial charge is 0.423 e. The third kappa shape index (κ3) is 1.53. The maximum atomic E-state index is 8.93. The van der Waals surface area contributed by atoms with Crippen molar-refractivity contribution in [2.45, 2.75) is 0 Å². The molecule has 1 aromatic rings. The molecule has 0 saturated heterocycles. The average molecular weight is 171 g/mol. The Labute approximate surface area is 77.0 Å². The highest BCUT2D eigenvalue weighted by Gasteiger charge is 2.16. The molecule has 0 unspecified atom stereocenters. The molecule has 0 heterocycles. The molecule has 0 amide bonds. The Balaban J connectivity index is 2.48. The fraction of sp³-hybridized carbons (Fsp3) is 0.